The molecule has 0 saturated carbocycles. The van der Waals surface area contributed by atoms with Gasteiger partial charge in [0, 0.05) is 21.5 Å². The first-order valence-electron chi connectivity index (χ1n) is 8.94. The summed E-state index contributed by atoms with van der Waals surface area (Å²) in [5, 5.41) is 5.36. The number of nitrogens with zero attached hydrogens (tertiary/aromatic N) is 1. The Morgan fingerprint density at radius 1 is 0.769 bits per heavy atom. The van der Waals surface area contributed by atoms with Crippen LogP contribution in [0.3, 0.4) is 0 Å². The number of pyridine rings is 1. The molecule has 0 unspecified atom stereocenters. The number of aryl methyl sites for hydroxylation is 3. The average molecular weight is 354 g/mol. The van der Waals surface area contributed by atoms with Gasteiger partial charge in [0.25, 0.3) is 0 Å². The van der Waals surface area contributed by atoms with Crippen LogP contribution in [-0.4, -0.2) is 0 Å². The van der Waals surface area contributed by atoms with Crippen LogP contribution in [0.4, 0.5) is 0 Å². The summed E-state index contributed by atoms with van der Waals surface area (Å²) in [6.45, 7) is 4.37. The minimum absolute atomic E-state index is 1.31. The first-order valence-corrected chi connectivity index (χ1v) is 9.75. The molecule has 26 heavy (non-hydrogen) atoms. The molecule has 0 atom stereocenters. The van der Waals surface area contributed by atoms with Gasteiger partial charge in [-0.05, 0) is 36.2 Å². The number of aromatic nitrogens is 1. The molecule has 2 aromatic heterocycles. The second kappa shape index (κ2) is 5.65. The van der Waals surface area contributed by atoms with Crippen molar-refractivity contribution in [3.8, 4) is 11.3 Å². The molecule has 0 aliphatic carbocycles. The van der Waals surface area contributed by atoms with E-state index in [0.717, 1.165) is 0 Å². The van der Waals surface area contributed by atoms with Gasteiger partial charge in [-0.15, -0.1) is 11.3 Å². The van der Waals surface area contributed by atoms with Crippen LogP contribution in [0.15, 0.2) is 66.9 Å². The SMILES string of the molecule is Cc1ccc(-c2c3sc4c5ccccc5ccc4c3cc[n+]2C)c(C)c1. The maximum Gasteiger partial charge on any atom is 0.230 e. The van der Waals surface area contributed by atoms with Crippen molar-refractivity contribution in [1.29, 1.82) is 0 Å². The molecule has 0 fully saturated rings. The standard InChI is InChI=1S/C24H20NS/c1-15-8-10-18(16(2)14-15)22-24-21(12-13-25(22)3)20-11-9-17-6-4-5-7-19(17)23(20)26-24/h4-14H,1-3H3/q+1. The van der Waals surface area contributed by atoms with Crippen molar-refractivity contribution < 1.29 is 4.57 Å². The van der Waals surface area contributed by atoms with E-state index in [1.807, 2.05) is 11.3 Å². The topological polar surface area (TPSA) is 3.88 Å². The highest BCUT2D eigenvalue weighted by molar-refractivity contribution is 7.27. The van der Waals surface area contributed by atoms with E-state index < -0.39 is 0 Å². The fraction of sp³-hybridized carbons (Fsp3) is 0.125. The number of hydrogen-bond donors (Lipinski definition) is 0. The van der Waals surface area contributed by atoms with Crippen molar-refractivity contribution in [2.24, 2.45) is 7.05 Å². The molecule has 0 bridgehead atoms. The van der Waals surface area contributed by atoms with Crippen LogP contribution in [0.1, 0.15) is 11.1 Å². The van der Waals surface area contributed by atoms with Crippen LogP contribution in [0, 0.1) is 13.8 Å². The molecular weight excluding hydrogens is 334 g/mol. The van der Waals surface area contributed by atoms with Gasteiger partial charge in [-0.25, -0.2) is 0 Å². The Hall–Kier alpha value is -2.71. The van der Waals surface area contributed by atoms with E-state index in [0.29, 0.717) is 0 Å². The van der Waals surface area contributed by atoms with E-state index in [1.165, 1.54) is 53.3 Å². The Balaban J connectivity index is 1.95. The fourth-order valence-corrected chi connectivity index (χ4v) is 5.42. The Morgan fingerprint density at radius 2 is 1.58 bits per heavy atom. The van der Waals surface area contributed by atoms with E-state index in [1.54, 1.807) is 0 Å². The van der Waals surface area contributed by atoms with Crippen molar-refractivity contribution in [3.63, 3.8) is 0 Å². The summed E-state index contributed by atoms with van der Waals surface area (Å²) < 4.78 is 5.01. The lowest BCUT2D eigenvalue weighted by molar-refractivity contribution is -0.659. The highest BCUT2D eigenvalue weighted by Gasteiger charge is 2.21. The van der Waals surface area contributed by atoms with Gasteiger partial charge in [-0.3, -0.25) is 0 Å². The highest BCUT2D eigenvalue weighted by Crippen LogP contribution is 2.41. The third kappa shape index (κ3) is 2.19. The number of benzene rings is 3. The maximum absolute atomic E-state index is 2.28. The molecule has 0 aliphatic rings. The monoisotopic (exact) mass is 354 g/mol. The van der Waals surface area contributed by atoms with E-state index >= 15 is 0 Å². The smallest absolute Gasteiger partial charge is 0.200 e. The van der Waals surface area contributed by atoms with Crippen molar-refractivity contribution in [2.75, 3.05) is 0 Å². The Bertz CT molecular complexity index is 1310. The number of thiophene rings is 1. The lowest BCUT2D eigenvalue weighted by Gasteiger charge is -2.06. The molecular formula is C24H20NS+. The van der Waals surface area contributed by atoms with Crippen LogP contribution < -0.4 is 4.57 Å². The lowest BCUT2D eigenvalue weighted by Crippen LogP contribution is -2.30. The predicted octanol–water partition coefficient (Wildman–Crippen LogP) is 6.32. The van der Waals surface area contributed by atoms with E-state index in [2.05, 4.69) is 92.3 Å². The number of fused-ring (bicyclic) bond motifs is 5. The molecule has 0 amide bonds. The Kier molecular flexibility index (Phi) is 3.38. The van der Waals surface area contributed by atoms with Gasteiger partial charge >= 0.3 is 0 Å². The molecule has 0 N–H and O–H groups in total. The zero-order valence-corrected chi connectivity index (χ0v) is 16.0. The number of hydrogen-bond acceptors (Lipinski definition) is 1. The van der Waals surface area contributed by atoms with Gasteiger partial charge < -0.3 is 0 Å². The first-order chi connectivity index (χ1) is 12.6. The van der Waals surface area contributed by atoms with Crippen LogP contribution in [-0.2, 0) is 7.05 Å². The first kappa shape index (κ1) is 15.5. The molecule has 2 heteroatoms. The minimum atomic E-state index is 1.31. The molecule has 5 rings (SSSR count). The molecule has 0 aliphatic heterocycles. The zero-order chi connectivity index (χ0) is 17.8. The van der Waals surface area contributed by atoms with Gasteiger partial charge in [0.2, 0.25) is 5.69 Å². The Labute approximate surface area is 157 Å². The second-order valence-electron chi connectivity index (χ2n) is 7.10. The van der Waals surface area contributed by atoms with Gasteiger partial charge in [0.05, 0.1) is 5.56 Å². The molecule has 5 aromatic rings. The summed E-state index contributed by atoms with van der Waals surface area (Å²) in [5.41, 5.74) is 5.27. The van der Waals surface area contributed by atoms with Crippen LogP contribution in [0.5, 0.6) is 0 Å². The van der Waals surface area contributed by atoms with Crippen molar-refractivity contribution >= 4 is 42.3 Å². The third-order valence-electron chi connectivity index (χ3n) is 5.29. The van der Waals surface area contributed by atoms with Gasteiger partial charge in [0.1, 0.15) is 11.7 Å². The molecule has 1 nitrogen and oxygen atoms in total. The van der Waals surface area contributed by atoms with E-state index in [4.69, 9.17) is 0 Å². The summed E-state index contributed by atoms with van der Waals surface area (Å²) in [7, 11) is 2.15. The van der Waals surface area contributed by atoms with E-state index in [-0.39, 0.29) is 0 Å². The van der Waals surface area contributed by atoms with Crippen molar-refractivity contribution in [2.45, 2.75) is 13.8 Å². The normalized spacial score (nSPS) is 11.7. The van der Waals surface area contributed by atoms with Crippen LogP contribution >= 0.6 is 11.3 Å². The zero-order valence-electron chi connectivity index (χ0n) is 15.2. The summed E-state index contributed by atoms with van der Waals surface area (Å²) in [4.78, 5) is 0. The van der Waals surface area contributed by atoms with Gasteiger partial charge in [-0.1, -0.05) is 54.1 Å². The maximum atomic E-state index is 2.28. The summed E-state index contributed by atoms with van der Waals surface area (Å²) >= 11 is 1.92. The predicted molar refractivity (Wildman–Crippen MR) is 113 cm³/mol. The highest BCUT2D eigenvalue weighted by atomic mass is 32.1. The second-order valence-corrected chi connectivity index (χ2v) is 8.12. The van der Waals surface area contributed by atoms with Crippen molar-refractivity contribution in [1.82, 2.24) is 0 Å². The summed E-state index contributed by atoms with van der Waals surface area (Å²) in [6, 6.07) is 22.2. The fourth-order valence-electron chi connectivity index (χ4n) is 4.00. The quantitative estimate of drug-likeness (QED) is 0.310. The van der Waals surface area contributed by atoms with Gasteiger partial charge in [0.15, 0.2) is 6.20 Å². The average Bonchev–Trinajstić information content (AvgIpc) is 3.02. The van der Waals surface area contributed by atoms with Crippen LogP contribution in [0.25, 0.3) is 42.2 Å². The minimum Gasteiger partial charge on any atom is -0.200 e. The molecule has 2 heterocycles. The molecule has 0 radical (unpaired) electrons. The largest absolute Gasteiger partial charge is 0.230 e. The molecule has 0 spiro atoms. The summed E-state index contributed by atoms with van der Waals surface area (Å²) in [6.07, 6.45) is 2.19. The Morgan fingerprint density at radius 3 is 2.42 bits per heavy atom. The van der Waals surface area contributed by atoms with Gasteiger partial charge in [-0.2, -0.15) is 4.57 Å². The molecule has 0 saturated heterocycles. The van der Waals surface area contributed by atoms with E-state index in [9.17, 15) is 0 Å². The summed E-state index contributed by atoms with van der Waals surface area (Å²) in [5.74, 6) is 0. The lowest BCUT2D eigenvalue weighted by atomic mass is 10.0. The molecule has 3 aromatic carbocycles. The third-order valence-corrected chi connectivity index (χ3v) is 6.55. The van der Waals surface area contributed by atoms with Crippen molar-refractivity contribution in [3.05, 3.63) is 78.0 Å². The number of rotatable bonds is 1. The van der Waals surface area contributed by atoms with Crippen LogP contribution in [0.2, 0.25) is 0 Å². The molecule has 126 valence electrons.